The van der Waals surface area contributed by atoms with Crippen LogP contribution in [0.3, 0.4) is 0 Å². The Bertz CT molecular complexity index is 2290. The van der Waals surface area contributed by atoms with Gasteiger partial charge in [0.25, 0.3) is 0 Å². The van der Waals surface area contributed by atoms with E-state index >= 15 is 0 Å². The van der Waals surface area contributed by atoms with Crippen LogP contribution in [-0.4, -0.2) is 39.9 Å². The maximum Gasteiger partial charge on any atom is 0.330 e. The first-order chi connectivity index (χ1) is 24.7. The number of hydrogen-bond donors (Lipinski definition) is 2. The van der Waals surface area contributed by atoms with Crippen LogP contribution in [0.4, 0.5) is 23.3 Å². The number of hydrogen-bond acceptors (Lipinski definition) is 14. The van der Waals surface area contributed by atoms with Gasteiger partial charge in [0.15, 0.2) is 11.5 Å². The topological polar surface area (TPSA) is 164 Å². The second-order valence-corrected chi connectivity index (χ2v) is 10.8. The maximum atomic E-state index is 6.15. The summed E-state index contributed by atoms with van der Waals surface area (Å²) < 4.78 is 24.5. The van der Waals surface area contributed by atoms with Crippen molar-refractivity contribution in [1.29, 1.82) is 0 Å². The lowest BCUT2D eigenvalue weighted by atomic mass is 10.2. The first-order valence-corrected chi connectivity index (χ1v) is 15.3. The zero-order valence-corrected chi connectivity index (χ0v) is 25.8. The Hall–Kier alpha value is -7.48. The molecule has 14 heteroatoms. The smallest absolute Gasteiger partial charge is 0.330 e. The predicted octanol–water partition coefficient (Wildman–Crippen LogP) is 8.12. The van der Waals surface area contributed by atoms with Gasteiger partial charge >= 0.3 is 24.0 Å². The lowest BCUT2D eigenvalue weighted by Gasteiger charge is -2.14. The molecule has 0 fully saturated rings. The molecule has 0 atom stereocenters. The van der Waals surface area contributed by atoms with Gasteiger partial charge in [-0.15, -0.1) is 9.97 Å². The summed E-state index contributed by atoms with van der Waals surface area (Å²) in [6.07, 6.45) is 3.39. The molecule has 50 heavy (non-hydrogen) atoms. The normalized spacial score (nSPS) is 11.8. The number of rotatable bonds is 4. The summed E-state index contributed by atoms with van der Waals surface area (Å²) in [7, 11) is 0. The van der Waals surface area contributed by atoms with Crippen LogP contribution >= 0.6 is 0 Å². The van der Waals surface area contributed by atoms with Crippen molar-refractivity contribution in [2.45, 2.75) is 0 Å². The molecule has 0 amide bonds. The molecular formula is C36H22N10O4. The average molecular weight is 659 g/mol. The number of nitrogens with one attached hydrogen (secondary N) is 2. The number of pyridine rings is 2. The van der Waals surface area contributed by atoms with Gasteiger partial charge in [-0.05, 0) is 54.6 Å². The molecule has 0 unspecified atom stereocenters. The molecule has 1 aliphatic rings. The van der Waals surface area contributed by atoms with E-state index in [1.807, 2.05) is 72.8 Å². The summed E-state index contributed by atoms with van der Waals surface area (Å²) >= 11 is 0. The minimum Gasteiger partial charge on any atom is -0.424 e. The van der Waals surface area contributed by atoms with Crippen molar-refractivity contribution >= 4 is 45.1 Å². The number of nitrogens with zero attached hydrogens (tertiary/aromatic N) is 8. The summed E-state index contributed by atoms with van der Waals surface area (Å²) in [6, 6.07) is 33.0. The number of ether oxygens (including phenoxy) is 4. The second-order valence-electron chi connectivity index (χ2n) is 10.8. The number of aromatic nitrogens is 8. The summed E-state index contributed by atoms with van der Waals surface area (Å²) in [5.74, 6) is 2.05. The van der Waals surface area contributed by atoms with Gasteiger partial charge < -0.3 is 29.6 Å². The molecule has 4 aromatic carbocycles. The Morgan fingerprint density at radius 2 is 0.940 bits per heavy atom. The molecule has 0 saturated heterocycles. The molecule has 2 N–H and O–H groups in total. The van der Waals surface area contributed by atoms with Gasteiger partial charge in [-0.25, -0.2) is 0 Å². The summed E-state index contributed by atoms with van der Waals surface area (Å²) in [4.78, 5) is 35.9. The zero-order valence-electron chi connectivity index (χ0n) is 25.8. The average Bonchev–Trinajstić information content (AvgIpc) is 3.12. The fraction of sp³-hybridized carbons (Fsp3) is 0. The van der Waals surface area contributed by atoms with E-state index in [1.54, 1.807) is 48.8 Å². The first-order valence-electron chi connectivity index (χ1n) is 15.3. The first kappa shape index (κ1) is 28.7. The van der Waals surface area contributed by atoms with Crippen LogP contribution in [-0.2, 0) is 0 Å². The van der Waals surface area contributed by atoms with Crippen molar-refractivity contribution in [3.05, 3.63) is 122 Å². The molecule has 0 saturated carbocycles. The summed E-state index contributed by atoms with van der Waals surface area (Å²) in [5, 5.41) is 8.25. The van der Waals surface area contributed by atoms with Crippen molar-refractivity contribution < 1.29 is 18.9 Å². The lowest BCUT2D eigenvalue weighted by molar-refractivity contribution is 0.391. The predicted molar refractivity (Wildman–Crippen MR) is 183 cm³/mol. The SMILES string of the molecule is c1cc2cc(c1)Nc1nc(nc(Oc3cccc4cccnc34)n1)Oc1cccc(c1)Oc1nc(nc(Oc3cccc4cccnc34)n1)N2. The standard InChI is InChI=1S/C36H22N10O4/c1-7-21-9-5-17-37-29(21)27(15-1)49-35-43-31-39-23-11-3-12-24(19-23)40-32-42-34(48-26-14-4-13-25(20-26)47-33(41-31)45-35)46-36(44-32)50-28-16-2-8-22-10-6-18-38-30(22)28/h1-20H,(H,39,41,43,45)(H,40,42,44,46). The molecule has 5 heterocycles. The minimum absolute atomic E-state index is 0.0000389. The number of anilines is 4. The Morgan fingerprint density at radius 3 is 1.48 bits per heavy atom. The van der Waals surface area contributed by atoms with E-state index < -0.39 is 0 Å². The minimum atomic E-state index is -0.0222. The van der Waals surface area contributed by atoms with E-state index in [4.69, 9.17) is 18.9 Å². The monoisotopic (exact) mass is 658 g/mol. The highest BCUT2D eigenvalue weighted by molar-refractivity contribution is 5.85. The van der Waals surface area contributed by atoms with Crippen LogP contribution in [0.2, 0.25) is 0 Å². The van der Waals surface area contributed by atoms with Gasteiger partial charge in [-0.1, -0.05) is 48.5 Å². The van der Waals surface area contributed by atoms with E-state index in [0.29, 0.717) is 45.4 Å². The molecule has 1 aliphatic heterocycles. The maximum absolute atomic E-state index is 6.15. The summed E-state index contributed by atoms with van der Waals surface area (Å²) in [5.41, 5.74) is 2.60. The highest BCUT2D eigenvalue weighted by atomic mass is 16.5. The molecule has 4 aromatic heterocycles. The second kappa shape index (κ2) is 12.3. The third kappa shape index (κ3) is 6.02. The van der Waals surface area contributed by atoms with Gasteiger partial charge in [-0.3, -0.25) is 9.97 Å². The molecule has 0 spiro atoms. The molecule has 0 aliphatic carbocycles. The largest absolute Gasteiger partial charge is 0.424 e. The number of para-hydroxylation sites is 2. The quantitative estimate of drug-likeness (QED) is 0.186. The molecule has 0 radical (unpaired) electrons. The Balaban J connectivity index is 1.10. The van der Waals surface area contributed by atoms with Gasteiger partial charge in [0, 0.05) is 40.6 Å². The van der Waals surface area contributed by atoms with Crippen molar-refractivity contribution in [1.82, 2.24) is 39.9 Å². The van der Waals surface area contributed by atoms with E-state index in [2.05, 4.69) is 50.5 Å². The highest BCUT2D eigenvalue weighted by Gasteiger charge is 2.17. The van der Waals surface area contributed by atoms with E-state index in [-0.39, 0.29) is 35.9 Å². The van der Waals surface area contributed by atoms with Crippen LogP contribution < -0.4 is 29.6 Å². The highest BCUT2D eigenvalue weighted by Crippen LogP contribution is 2.33. The van der Waals surface area contributed by atoms with E-state index in [0.717, 1.165) is 10.8 Å². The molecule has 9 rings (SSSR count). The Labute approximate surface area is 282 Å². The van der Waals surface area contributed by atoms with Crippen LogP contribution in [0.5, 0.6) is 47.0 Å². The molecule has 240 valence electrons. The molecule has 14 nitrogen and oxygen atoms in total. The molecular weight excluding hydrogens is 636 g/mol. The van der Waals surface area contributed by atoms with Crippen LogP contribution in [0.15, 0.2) is 122 Å². The molecule has 8 bridgehead atoms. The Morgan fingerprint density at radius 1 is 0.460 bits per heavy atom. The number of benzene rings is 4. The van der Waals surface area contributed by atoms with Crippen molar-refractivity contribution in [3.8, 4) is 47.0 Å². The zero-order chi connectivity index (χ0) is 33.3. The number of fused-ring (bicyclic) bond motifs is 10. The molecule has 8 aromatic rings. The third-order valence-corrected chi connectivity index (χ3v) is 7.38. The van der Waals surface area contributed by atoms with E-state index in [1.165, 1.54) is 0 Å². The summed E-state index contributed by atoms with van der Waals surface area (Å²) in [6.45, 7) is 0. The van der Waals surface area contributed by atoms with Gasteiger partial charge in [-0.2, -0.15) is 19.9 Å². The van der Waals surface area contributed by atoms with Gasteiger partial charge in [0.2, 0.25) is 11.9 Å². The fourth-order valence-corrected chi connectivity index (χ4v) is 5.23. The van der Waals surface area contributed by atoms with Crippen molar-refractivity contribution in [2.24, 2.45) is 0 Å². The third-order valence-electron chi connectivity index (χ3n) is 7.38. The fourth-order valence-electron chi connectivity index (χ4n) is 5.23. The van der Waals surface area contributed by atoms with Gasteiger partial charge in [0.1, 0.15) is 22.5 Å². The van der Waals surface area contributed by atoms with Crippen LogP contribution in [0.25, 0.3) is 21.8 Å². The van der Waals surface area contributed by atoms with Crippen LogP contribution in [0, 0.1) is 0 Å². The van der Waals surface area contributed by atoms with Gasteiger partial charge in [0.05, 0.1) is 0 Å². The van der Waals surface area contributed by atoms with Crippen LogP contribution in [0.1, 0.15) is 0 Å². The lowest BCUT2D eigenvalue weighted by Crippen LogP contribution is -2.06. The Kier molecular flexibility index (Phi) is 7.05. The van der Waals surface area contributed by atoms with E-state index in [9.17, 15) is 0 Å². The van der Waals surface area contributed by atoms with Crippen molar-refractivity contribution in [3.63, 3.8) is 0 Å². The van der Waals surface area contributed by atoms with Crippen molar-refractivity contribution in [2.75, 3.05) is 10.6 Å².